The second-order valence-electron chi connectivity index (χ2n) is 7.40. The maximum Gasteiger partial charge on any atom is 0.263 e. The van der Waals surface area contributed by atoms with Crippen LogP contribution < -0.4 is 11.3 Å². The highest BCUT2D eigenvalue weighted by atomic mass is 32.1. The molecule has 9 heteroatoms. The van der Waals surface area contributed by atoms with Crippen LogP contribution >= 0.6 is 22.7 Å². The van der Waals surface area contributed by atoms with E-state index in [1.54, 1.807) is 11.3 Å². The number of benzene rings is 1. The minimum atomic E-state index is -0.738. The third-order valence-corrected chi connectivity index (χ3v) is 7.34. The molecular weight excluding hydrogens is 432 g/mol. The Bertz CT molecular complexity index is 1360. The predicted molar refractivity (Wildman–Crippen MR) is 121 cm³/mol. The van der Waals surface area contributed by atoms with E-state index in [1.807, 2.05) is 47.2 Å². The maximum absolute atomic E-state index is 13.2. The number of fused-ring (bicyclic) bond motifs is 2. The Kier molecular flexibility index (Phi) is 4.91. The second kappa shape index (κ2) is 7.75. The lowest BCUT2D eigenvalue weighted by Crippen LogP contribution is -2.52. The van der Waals surface area contributed by atoms with Crippen LogP contribution in [-0.2, 0) is 29.1 Å². The van der Waals surface area contributed by atoms with Gasteiger partial charge in [-0.1, -0.05) is 30.3 Å². The van der Waals surface area contributed by atoms with Crippen molar-refractivity contribution < 1.29 is 9.59 Å². The zero-order valence-electron chi connectivity index (χ0n) is 16.4. The molecular formula is C22H18N4O3S2. The molecule has 2 N–H and O–H groups in total. The van der Waals surface area contributed by atoms with Crippen LogP contribution in [0.3, 0.4) is 0 Å². The summed E-state index contributed by atoms with van der Waals surface area (Å²) in [6, 6.07) is 10.8. The lowest BCUT2D eigenvalue weighted by molar-refractivity contribution is -0.141. The van der Waals surface area contributed by atoms with Crippen molar-refractivity contribution >= 4 is 44.7 Å². The van der Waals surface area contributed by atoms with Crippen LogP contribution in [0, 0.1) is 0 Å². The molecule has 4 aromatic rings. The average Bonchev–Trinajstić information content (AvgIpc) is 3.44. The van der Waals surface area contributed by atoms with Crippen LogP contribution in [0.5, 0.6) is 0 Å². The molecule has 1 aliphatic heterocycles. The van der Waals surface area contributed by atoms with Gasteiger partial charge in [-0.25, -0.2) is 4.98 Å². The molecule has 0 aliphatic carbocycles. The van der Waals surface area contributed by atoms with Crippen molar-refractivity contribution in [3.8, 4) is 10.4 Å². The number of thiophene rings is 2. The Labute approximate surface area is 185 Å². The standard InChI is InChI=1S/C22H18N4O3S2/c23-20(28)16-8-13-4-1-2-5-14(13)9-26(16)18(27)10-25-12-24-21-19(22(25)29)15(11-31-21)17-6-3-7-30-17/h1-7,11-12,16H,8-10H2,(H2,23,28)/t16-/m1/s1. The fraction of sp³-hybridized carbons (Fsp3) is 0.182. The molecule has 0 saturated heterocycles. The number of nitrogens with two attached hydrogens (primary N) is 1. The van der Waals surface area contributed by atoms with Gasteiger partial charge in [0.2, 0.25) is 11.8 Å². The van der Waals surface area contributed by atoms with Crippen molar-refractivity contribution in [1.29, 1.82) is 0 Å². The van der Waals surface area contributed by atoms with E-state index >= 15 is 0 Å². The minimum Gasteiger partial charge on any atom is -0.368 e. The van der Waals surface area contributed by atoms with Crippen LogP contribution in [0.15, 0.2) is 58.3 Å². The Morgan fingerprint density at radius 2 is 1.94 bits per heavy atom. The fourth-order valence-electron chi connectivity index (χ4n) is 3.97. The summed E-state index contributed by atoms with van der Waals surface area (Å²) in [4.78, 5) is 45.9. The molecule has 156 valence electrons. The summed E-state index contributed by atoms with van der Waals surface area (Å²) in [6.07, 6.45) is 1.77. The number of amides is 2. The molecule has 7 nitrogen and oxygen atoms in total. The van der Waals surface area contributed by atoms with E-state index in [0.29, 0.717) is 16.6 Å². The summed E-state index contributed by atoms with van der Waals surface area (Å²) in [5, 5.41) is 4.38. The third kappa shape index (κ3) is 3.45. The zero-order valence-corrected chi connectivity index (χ0v) is 18.0. The third-order valence-electron chi connectivity index (χ3n) is 5.55. The molecule has 1 aliphatic rings. The molecule has 0 spiro atoms. The number of carbonyl (C=O) groups is 2. The molecule has 4 heterocycles. The minimum absolute atomic E-state index is 0.201. The molecule has 3 aromatic heterocycles. The van der Waals surface area contributed by atoms with Gasteiger partial charge in [0.05, 0.1) is 11.7 Å². The number of primary amides is 1. The molecule has 0 radical (unpaired) electrons. The molecule has 1 atom stereocenters. The van der Waals surface area contributed by atoms with E-state index in [1.165, 1.54) is 27.1 Å². The van der Waals surface area contributed by atoms with Gasteiger partial charge in [-0.15, -0.1) is 22.7 Å². The van der Waals surface area contributed by atoms with Gasteiger partial charge in [-0.05, 0) is 22.6 Å². The van der Waals surface area contributed by atoms with Gasteiger partial charge in [0, 0.05) is 28.8 Å². The van der Waals surface area contributed by atoms with E-state index in [0.717, 1.165) is 21.6 Å². The molecule has 0 bridgehead atoms. The quantitative estimate of drug-likeness (QED) is 0.517. The molecule has 5 rings (SSSR count). The van der Waals surface area contributed by atoms with Crippen LogP contribution in [0.1, 0.15) is 11.1 Å². The van der Waals surface area contributed by atoms with E-state index in [4.69, 9.17) is 5.73 Å². The topological polar surface area (TPSA) is 98.3 Å². The largest absolute Gasteiger partial charge is 0.368 e. The zero-order chi connectivity index (χ0) is 21.5. The van der Waals surface area contributed by atoms with Crippen LogP contribution in [0.2, 0.25) is 0 Å². The van der Waals surface area contributed by atoms with E-state index in [9.17, 15) is 14.4 Å². The second-order valence-corrected chi connectivity index (χ2v) is 9.20. The summed E-state index contributed by atoms with van der Waals surface area (Å²) < 4.78 is 1.31. The van der Waals surface area contributed by atoms with Crippen molar-refractivity contribution in [2.75, 3.05) is 0 Å². The van der Waals surface area contributed by atoms with Crippen molar-refractivity contribution in [1.82, 2.24) is 14.5 Å². The number of nitrogens with zero attached hydrogens (tertiary/aromatic N) is 3. The van der Waals surface area contributed by atoms with Crippen LogP contribution in [-0.4, -0.2) is 32.3 Å². The summed E-state index contributed by atoms with van der Waals surface area (Å²) >= 11 is 2.95. The molecule has 31 heavy (non-hydrogen) atoms. The monoisotopic (exact) mass is 450 g/mol. The van der Waals surface area contributed by atoms with E-state index < -0.39 is 11.9 Å². The summed E-state index contributed by atoms with van der Waals surface area (Å²) in [5.74, 6) is -0.893. The highest BCUT2D eigenvalue weighted by molar-refractivity contribution is 7.18. The highest BCUT2D eigenvalue weighted by Gasteiger charge is 2.33. The first kappa shape index (κ1) is 19.7. The number of aromatic nitrogens is 2. The van der Waals surface area contributed by atoms with Crippen LogP contribution in [0.4, 0.5) is 0 Å². The molecule has 0 fully saturated rings. The first-order chi connectivity index (χ1) is 15.0. The van der Waals surface area contributed by atoms with Crippen molar-refractivity contribution in [3.63, 3.8) is 0 Å². The predicted octanol–water partition coefficient (Wildman–Crippen LogP) is 2.63. The van der Waals surface area contributed by atoms with Crippen molar-refractivity contribution in [3.05, 3.63) is 75.0 Å². The van der Waals surface area contributed by atoms with Crippen LogP contribution in [0.25, 0.3) is 20.7 Å². The van der Waals surface area contributed by atoms with Crippen molar-refractivity contribution in [2.24, 2.45) is 5.73 Å². The van der Waals surface area contributed by atoms with E-state index in [-0.39, 0.29) is 24.6 Å². The fourth-order valence-corrected chi connectivity index (χ4v) is 5.69. The Hall–Kier alpha value is -3.30. The number of rotatable bonds is 4. The molecule has 0 saturated carbocycles. The Balaban J connectivity index is 1.49. The maximum atomic E-state index is 13.2. The lowest BCUT2D eigenvalue weighted by atomic mass is 9.93. The smallest absolute Gasteiger partial charge is 0.263 e. The van der Waals surface area contributed by atoms with Gasteiger partial charge in [0.15, 0.2) is 0 Å². The lowest BCUT2D eigenvalue weighted by Gasteiger charge is -2.35. The number of hydrogen-bond donors (Lipinski definition) is 1. The van der Waals surface area contributed by atoms with Gasteiger partial charge in [0.25, 0.3) is 5.56 Å². The average molecular weight is 451 g/mol. The van der Waals surface area contributed by atoms with Gasteiger partial charge in [-0.3, -0.25) is 19.0 Å². The summed E-state index contributed by atoms with van der Waals surface area (Å²) in [6.45, 7) is 0.0827. The normalized spacial score (nSPS) is 15.7. The van der Waals surface area contributed by atoms with Crippen molar-refractivity contribution in [2.45, 2.75) is 25.6 Å². The summed E-state index contributed by atoms with van der Waals surface area (Å²) in [5.41, 5.74) is 8.15. The number of carbonyl (C=O) groups excluding carboxylic acids is 2. The van der Waals surface area contributed by atoms with Gasteiger partial charge < -0.3 is 10.6 Å². The first-order valence-electron chi connectivity index (χ1n) is 9.69. The first-order valence-corrected chi connectivity index (χ1v) is 11.4. The highest BCUT2D eigenvalue weighted by Crippen LogP contribution is 2.33. The Morgan fingerprint density at radius 1 is 1.13 bits per heavy atom. The molecule has 2 amide bonds. The molecule has 1 aromatic carbocycles. The summed E-state index contributed by atoms with van der Waals surface area (Å²) in [7, 11) is 0. The SMILES string of the molecule is NC(=O)[C@H]1Cc2ccccc2CN1C(=O)Cn1cnc2scc(-c3cccs3)c2c1=O. The molecule has 0 unspecified atom stereocenters. The number of hydrogen-bond acceptors (Lipinski definition) is 6. The van der Waals surface area contributed by atoms with Gasteiger partial charge >= 0.3 is 0 Å². The van der Waals surface area contributed by atoms with Gasteiger partial charge in [-0.2, -0.15) is 0 Å². The Morgan fingerprint density at radius 3 is 2.68 bits per heavy atom. The van der Waals surface area contributed by atoms with Gasteiger partial charge in [0.1, 0.15) is 17.4 Å². The van der Waals surface area contributed by atoms with E-state index in [2.05, 4.69) is 4.98 Å².